The van der Waals surface area contributed by atoms with Crippen LogP contribution >= 0.6 is 0 Å². The van der Waals surface area contributed by atoms with Crippen molar-refractivity contribution < 1.29 is 14.3 Å². The number of ether oxygens (including phenoxy) is 1. The Labute approximate surface area is 154 Å². The second-order valence-corrected chi connectivity index (χ2v) is 5.73. The molecular formula is C20H15N3O4. The normalized spacial score (nSPS) is 10.2. The highest BCUT2D eigenvalue weighted by Crippen LogP contribution is 2.07. The van der Waals surface area contributed by atoms with Gasteiger partial charge in [-0.15, -0.1) is 0 Å². The third kappa shape index (κ3) is 4.19. The van der Waals surface area contributed by atoms with Gasteiger partial charge in [0.2, 0.25) is 5.43 Å². The number of esters is 1. The van der Waals surface area contributed by atoms with Gasteiger partial charge in [-0.3, -0.25) is 14.4 Å². The molecule has 0 unspecified atom stereocenters. The monoisotopic (exact) mass is 361 g/mol. The first-order chi connectivity index (χ1) is 13.1. The smallest absolute Gasteiger partial charge is 0.325 e. The van der Waals surface area contributed by atoms with Crippen LogP contribution in [0.2, 0.25) is 0 Å². The highest BCUT2D eigenvalue weighted by molar-refractivity contribution is 5.98. The molecular weight excluding hydrogens is 346 g/mol. The van der Waals surface area contributed by atoms with Gasteiger partial charge >= 0.3 is 5.97 Å². The molecule has 0 aliphatic rings. The number of pyridine rings is 1. The maximum atomic E-state index is 12.4. The van der Waals surface area contributed by atoms with Gasteiger partial charge in [0.1, 0.15) is 18.7 Å². The topological polar surface area (TPSA) is 112 Å². The number of hydrogen-bond acceptors (Lipinski definition) is 5. The molecule has 0 radical (unpaired) electrons. The van der Waals surface area contributed by atoms with Gasteiger partial charge in [0.05, 0.1) is 11.6 Å². The SMILES string of the molecule is N#Cc1cccc(COC(=O)CNC(=O)c2c[nH]c3ccccc3c2=O)c1. The summed E-state index contributed by atoms with van der Waals surface area (Å²) < 4.78 is 5.07. The van der Waals surface area contributed by atoms with Crippen LogP contribution in [0.5, 0.6) is 0 Å². The number of hydrogen-bond donors (Lipinski definition) is 2. The van der Waals surface area contributed by atoms with Gasteiger partial charge in [0.15, 0.2) is 0 Å². The first-order valence-corrected chi connectivity index (χ1v) is 8.12. The fourth-order valence-electron chi connectivity index (χ4n) is 2.53. The first-order valence-electron chi connectivity index (χ1n) is 8.12. The molecule has 3 rings (SSSR count). The lowest BCUT2D eigenvalue weighted by molar-refractivity contribution is -0.143. The van der Waals surface area contributed by atoms with Crippen molar-refractivity contribution in [2.75, 3.05) is 6.54 Å². The highest BCUT2D eigenvalue weighted by atomic mass is 16.5. The van der Waals surface area contributed by atoms with E-state index in [0.717, 1.165) is 0 Å². The summed E-state index contributed by atoms with van der Waals surface area (Å²) in [5.74, 6) is -1.31. The molecule has 27 heavy (non-hydrogen) atoms. The summed E-state index contributed by atoms with van der Waals surface area (Å²) in [7, 11) is 0. The summed E-state index contributed by atoms with van der Waals surface area (Å²) in [6, 6.07) is 15.5. The van der Waals surface area contributed by atoms with Crippen molar-refractivity contribution in [2.24, 2.45) is 0 Å². The van der Waals surface area contributed by atoms with Crippen molar-refractivity contribution in [3.63, 3.8) is 0 Å². The number of rotatable bonds is 5. The number of H-pyrrole nitrogens is 1. The molecule has 7 heteroatoms. The Kier molecular flexibility index (Phi) is 5.28. The maximum Gasteiger partial charge on any atom is 0.325 e. The Balaban J connectivity index is 1.59. The molecule has 2 aromatic carbocycles. The summed E-state index contributed by atoms with van der Waals surface area (Å²) in [6.07, 6.45) is 1.32. The van der Waals surface area contributed by atoms with Gasteiger partial charge in [0, 0.05) is 17.1 Å². The van der Waals surface area contributed by atoms with E-state index < -0.39 is 17.3 Å². The van der Waals surface area contributed by atoms with E-state index in [1.807, 2.05) is 6.07 Å². The molecule has 0 bridgehead atoms. The average molecular weight is 361 g/mol. The lowest BCUT2D eigenvalue weighted by Gasteiger charge is -2.07. The zero-order valence-corrected chi connectivity index (χ0v) is 14.2. The van der Waals surface area contributed by atoms with Crippen LogP contribution in [-0.2, 0) is 16.1 Å². The van der Waals surface area contributed by atoms with Crippen LogP contribution in [0.25, 0.3) is 10.9 Å². The molecule has 1 heterocycles. The third-order valence-electron chi connectivity index (χ3n) is 3.88. The van der Waals surface area contributed by atoms with Crippen LogP contribution in [0, 0.1) is 11.3 Å². The molecule has 134 valence electrons. The number of aromatic nitrogens is 1. The number of para-hydroxylation sites is 1. The van der Waals surface area contributed by atoms with Gasteiger partial charge in [0.25, 0.3) is 5.91 Å². The van der Waals surface area contributed by atoms with E-state index in [0.29, 0.717) is 22.0 Å². The second kappa shape index (κ2) is 7.97. The lowest BCUT2D eigenvalue weighted by Crippen LogP contribution is -2.33. The molecule has 1 aromatic heterocycles. The van der Waals surface area contributed by atoms with Crippen LogP contribution in [0.15, 0.2) is 59.5 Å². The Morgan fingerprint density at radius 1 is 1.15 bits per heavy atom. The fraction of sp³-hybridized carbons (Fsp3) is 0.100. The van der Waals surface area contributed by atoms with Crippen molar-refractivity contribution in [1.82, 2.24) is 10.3 Å². The molecule has 0 aliphatic heterocycles. The van der Waals surface area contributed by atoms with Gasteiger partial charge in [-0.05, 0) is 29.8 Å². The number of carbonyl (C=O) groups excluding carboxylic acids is 2. The van der Waals surface area contributed by atoms with Crippen LogP contribution in [-0.4, -0.2) is 23.4 Å². The Hall–Kier alpha value is -3.92. The van der Waals surface area contributed by atoms with Crippen molar-refractivity contribution in [3.8, 4) is 6.07 Å². The maximum absolute atomic E-state index is 12.4. The van der Waals surface area contributed by atoms with E-state index in [-0.39, 0.29) is 18.7 Å². The molecule has 7 nitrogen and oxygen atoms in total. The van der Waals surface area contributed by atoms with Crippen molar-refractivity contribution in [1.29, 1.82) is 5.26 Å². The molecule has 0 saturated carbocycles. The van der Waals surface area contributed by atoms with Crippen LogP contribution in [0.1, 0.15) is 21.5 Å². The molecule has 0 spiro atoms. The highest BCUT2D eigenvalue weighted by Gasteiger charge is 2.14. The minimum Gasteiger partial charge on any atom is -0.460 e. The van der Waals surface area contributed by atoms with Crippen molar-refractivity contribution in [3.05, 3.63) is 81.6 Å². The summed E-state index contributed by atoms with van der Waals surface area (Å²) >= 11 is 0. The Morgan fingerprint density at radius 3 is 2.78 bits per heavy atom. The molecule has 0 atom stereocenters. The van der Waals surface area contributed by atoms with Crippen molar-refractivity contribution >= 4 is 22.8 Å². The summed E-state index contributed by atoms with van der Waals surface area (Å²) in [4.78, 5) is 39.3. The van der Waals surface area contributed by atoms with E-state index in [4.69, 9.17) is 10.00 Å². The molecule has 0 aliphatic carbocycles. The van der Waals surface area contributed by atoms with Crippen LogP contribution in [0.3, 0.4) is 0 Å². The minimum absolute atomic E-state index is 0.0131. The van der Waals surface area contributed by atoms with E-state index in [1.165, 1.54) is 6.20 Å². The number of nitrogens with one attached hydrogen (secondary N) is 2. The van der Waals surface area contributed by atoms with Gasteiger partial charge in [-0.2, -0.15) is 5.26 Å². The molecule has 0 saturated heterocycles. The molecule has 1 amide bonds. The summed E-state index contributed by atoms with van der Waals surface area (Å²) in [5, 5.41) is 11.6. The molecule has 0 fully saturated rings. The average Bonchev–Trinajstić information content (AvgIpc) is 2.71. The van der Waals surface area contributed by atoms with Crippen LogP contribution in [0.4, 0.5) is 0 Å². The zero-order valence-electron chi connectivity index (χ0n) is 14.2. The standard InChI is InChI=1S/C20H15N3O4/c21-9-13-4-3-5-14(8-13)12-27-18(24)11-23-20(26)16-10-22-17-7-2-1-6-15(17)19(16)25/h1-8,10H,11-12H2,(H,22,25)(H,23,26). The minimum atomic E-state index is -0.662. The quantitative estimate of drug-likeness (QED) is 0.674. The lowest BCUT2D eigenvalue weighted by atomic mass is 10.1. The predicted molar refractivity (Wildman–Crippen MR) is 97.9 cm³/mol. The van der Waals surface area contributed by atoms with Gasteiger partial charge < -0.3 is 15.0 Å². The van der Waals surface area contributed by atoms with E-state index >= 15 is 0 Å². The Morgan fingerprint density at radius 2 is 1.96 bits per heavy atom. The number of aromatic amines is 1. The summed E-state index contributed by atoms with van der Waals surface area (Å²) in [6.45, 7) is -0.385. The number of fused-ring (bicyclic) bond motifs is 1. The number of benzene rings is 2. The predicted octanol–water partition coefficient (Wildman–Crippen LogP) is 1.87. The first kappa shape index (κ1) is 17.9. The molecule has 3 aromatic rings. The molecule has 2 N–H and O–H groups in total. The Bertz CT molecular complexity index is 1110. The van der Waals surface area contributed by atoms with Gasteiger partial charge in [-0.1, -0.05) is 24.3 Å². The number of amides is 1. The number of carbonyl (C=O) groups is 2. The number of nitriles is 1. The fourth-order valence-corrected chi connectivity index (χ4v) is 2.53. The van der Waals surface area contributed by atoms with Crippen molar-refractivity contribution in [2.45, 2.75) is 6.61 Å². The van der Waals surface area contributed by atoms with Crippen LogP contribution < -0.4 is 10.7 Å². The van der Waals surface area contributed by atoms with Gasteiger partial charge in [-0.25, -0.2) is 0 Å². The largest absolute Gasteiger partial charge is 0.460 e. The van der Waals surface area contributed by atoms with E-state index in [2.05, 4.69) is 10.3 Å². The summed E-state index contributed by atoms with van der Waals surface area (Å²) in [5.41, 5.74) is 1.26. The second-order valence-electron chi connectivity index (χ2n) is 5.73. The zero-order chi connectivity index (χ0) is 19.2. The third-order valence-corrected chi connectivity index (χ3v) is 3.88. The van der Waals surface area contributed by atoms with E-state index in [9.17, 15) is 14.4 Å². The van der Waals surface area contributed by atoms with E-state index in [1.54, 1.807) is 48.5 Å². The number of nitrogens with zero attached hydrogens (tertiary/aromatic N) is 1.